The third kappa shape index (κ3) is 3.46. The van der Waals surface area contributed by atoms with Crippen LogP contribution < -0.4 is 4.90 Å². The van der Waals surface area contributed by atoms with Gasteiger partial charge in [-0.3, -0.25) is 4.79 Å². The molecule has 3 aromatic rings. The fraction of sp³-hybridized carbons (Fsp3) is 0.348. The van der Waals surface area contributed by atoms with E-state index in [1.807, 2.05) is 41.6 Å². The van der Waals surface area contributed by atoms with Crippen LogP contribution in [0.3, 0.4) is 0 Å². The molecule has 1 aromatic carbocycles. The molecule has 1 aliphatic heterocycles. The summed E-state index contributed by atoms with van der Waals surface area (Å²) in [5, 5.41) is 1.06. The Balaban J connectivity index is 1.39. The molecule has 2 aromatic heterocycles. The number of halogens is 1. The van der Waals surface area contributed by atoms with Crippen molar-refractivity contribution in [1.29, 1.82) is 0 Å². The van der Waals surface area contributed by atoms with Crippen LogP contribution in [-0.2, 0) is 12.8 Å². The van der Waals surface area contributed by atoms with Crippen molar-refractivity contribution in [3.05, 3.63) is 70.6 Å². The maximum atomic E-state index is 13.6. The fourth-order valence-electron chi connectivity index (χ4n) is 4.40. The number of anilines is 1. The second kappa shape index (κ2) is 7.67. The van der Waals surface area contributed by atoms with Crippen LogP contribution >= 0.6 is 11.3 Å². The summed E-state index contributed by atoms with van der Waals surface area (Å²) in [7, 11) is 0. The Morgan fingerprint density at radius 3 is 2.34 bits per heavy atom. The van der Waals surface area contributed by atoms with Gasteiger partial charge >= 0.3 is 0 Å². The highest BCUT2D eigenvalue weighted by Gasteiger charge is 2.30. The Labute approximate surface area is 174 Å². The number of carbonyl (C=O) groups excluding carboxylic acids is 1. The molecule has 2 aliphatic rings. The molecule has 6 heteroatoms. The van der Waals surface area contributed by atoms with E-state index in [-0.39, 0.29) is 11.7 Å². The van der Waals surface area contributed by atoms with E-state index in [1.165, 1.54) is 29.0 Å². The number of rotatable bonds is 3. The topological polar surface area (TPSA) is 28.5 Å². The van der Waals surface area contributed by atoms with Gasteiger partial charge in [0.2, 0.25) is 0 Å². The van der Waals surface area contributed by atoms with Gasteiger partial charge in [0.05, 0.1) is 5.56 Å². The molecule has 0 atom stereocenters. The van der Waals surface area contributed by atoms with E-state index >= 15 is 0 Å². The molecule has 0 saturated carbocycles. The van der Waals surface area contributed by atoms with Gasteiger partial charge in [-0.05, 0) is 67.6 Å². The van der Waals surface area contributed by atoms with Crippen molar-refractivity contribution in [1.82, 2.24) is 9.47 Å². The number of piperazine rings is 1. The Hall–Kier alpha value is -2.60. The number of fused-ring (bicyclic) bond motifs is 1. The molecule has 0 N–H and O–H groups in total. The summed E-state index contributed by atoms with van der Waals surface area (Å²) in [4.78, 5) is 19.2. The second-order valence-corrected chi connectivity index (χ2v) is 8.82. The lowest BCUT2D eigenvalue weighted by molar-refractivity contribution is 0.0746. The average molecular weight is 410 g/mol. The summed E-state index contributed by atoms with van der Waals surface area (Å²) >= 11 is 1.78. The molecule has 1 amide bonds. The first kappa shape index (κ1) is 18.4. The van der Waals surface area contributed by atoms with Gasteiger partial charge in [-0.25, -0.2) is 4.39 Å². The zero-order valence-corrected chi connectivity index (χ0v) is 17.1. The molecule has 0 unspecified atom stereocenters. The number of nitrogens with zero attached hydrogens (tertiary/aromatic N) is 3. The summed E-state index contributed by atoms with van der Waals surface area (Å²) < 4.78 is 15.3. The molecule has 29 heavy (non-hydrogen) atoms. The van der Waals surface area contributed by atoms with Crippen LogP contribution in [0.1, 0.15) is 33.6 Å². The molecule has 1 saturated heterocycles. The van der Waals surface area contributed by atoms with Gasteiger partial charge in [0, 0.05) is 49.1 Å². The summed E-state index contributed by atoms with van der Waals surface area (Å²) in [5.41, 5.74) is 3.20. The minimum Gasteiger partial charge on any atom is -0.368 e. The normalized spacial score (nSPS) is 16.7. The third-order valence-electron chi connectivity index (χ3n) is 5.96. The minimum absolute atomic E-state index is 0.159. The van der Waals surface area contributed by atoms with E-state index in [9.17, 15) is 9.18 Å². The Kier molecular flexibility index (Phi) is 4.87. The van der Waals surface area contributed by atoms with Crippen LogP contribution in [0.4, 0.5) is 10.1 Å². The van der Waals surface area contributed by atoms with Crippen molar-refractivity contribution in [2.75, 3.05) is 31.1 Å². The summed E-state index contributed by atoms with van der Waals surface area (Å²) in [6.45, 7) is 2.91. The average Bonchev–Trinajstić information content (AvgIpc) is 3.42. The van der Waals surface area contributed by atoms with Gasteiger partial charge in [-0.1, -0.05) is 0 Å². The summed E-state index contributed by atoms with van der Waals surface area (Å²) in [6, 6.07) is 10.6. The molecule has 150 valence electrons. The molecule has 4 nitrogen and oxygen atoms in total. The number of aromatic nitrogens is 1. The molecule has 0 spiro atoms. The maximum Gasteiger partial charge on any atom is 0.257 e. The number of aryl methyl sites for hydroxylation is 1. The van der Waals surface area contributed by atoms with E-state index < -0.39 is 0 Å². The van der Waals surface area contributed by atoms with Crippen LogP contribution in [0, 0.1) is 5.82 Å². The summed E-state index contributed by atoms with van der Waals surface area (Å²) in [5.74, 6) is -0.0609. The van der Waals surface area contributed by atoms with E-state index in [0.29, 0.717) is 13.1 Å². The highest BCUT2D eigenvalue weighted by Crippen LogP contribution is 2.37. The predicted octanol–water partition coefficient (Wildman–Crippen LogP) is 4.52. The SMILES string of the molecule is O=C(c1c(-n2cccc2)sc2c1CCCC2)N1CCN(c2ccc(F)cc2)CC1. The van der Waals surface area contributed by atoms with E-state index in [1.54, 1.807) is 11.3 Å². The van der Waals surface area contributed by atoms with Crippen molar-refractivity contribution >= 4 is 22.9 Å². The third-order valence-corrected chi connectivity index (χ3v) is 7.27. The minimum atomic E-state index is -0.220. The standard InChI is InChI=1S/C23H24FN3OS/c24-17-7-9-18(10-8-17)25-13-15-26(16-14-25)22(28)21-19-5-1-2-6-20(19)29-23(21)27-11-3-4-12-27/h3-4,7-12H,1-2,5-6,13-16H2. The van der Waals surface area contributed by atoms with Crippen LogP contribution in [0.5, 0.6) is 0 Å². The lowest BCUT2D eigenvalue weighted by Gasteiger charge is -2.36. The lowest BCUT2D eigenvalue weighted by atomic mass is 9.95. The van der Waals surface area contributed by atoms with Crippen LogP contribution in [0.15, 0.2) is 48.8 Å². The largest absolute Gasteiger partial charge is 0.368 e. The van der Waals surface area contributed by atoms with Gasteiger partial charge in [-0.2, -0.15) is 0 Å². The van der Waals surface area contributed by atoms with Gasteiger partial charge in [0.15, 0.2) is 0 Å². The smallest absolute Gasteiger partial charge is 0.257 e. The molecule has 1 fully saturated rings. The van der Waals surface area contributed by atoms with Crippen molar-refractivity contribution in [3.63, 3.8) is 0 Å². The number of hydrogen-bond donors (Lipinski definition) is 0. The number of amides is 1. The zero-order valence-electron chi connectivity index (χ0n) is 16.3. The van der Waals surface area contributed by atoms with E-state index in [2.05, 4.69) is 9.47 Å². The molecule has 3 heterocycles. The predicted molar refractivity (Wildman–Crippen MR) is 115 cm³/mol. The number of carbonyl (C=O) groups is 1. The van der Waals surface area contributed by atoms with Crippen LogP contribution in [0.25, 0.3) is 5.00 Å². The molecule has 5 rings (SSSR count). The number of thiophene rings is 1. The second-order valence-electron chi connectivity index (χ2n) is 7.74. The first-order valence-electron chi connectivity index (χ1n) is 10.3. The van der Waals surface area contributed by atoms with Crippen molar-refractivity contribution < 1.29 is 9.18 Å². The van der Waals surface area contributed by atoms with Crippen molar-refractivity contribution in [3.8, 4) is 5.00 Å². The highest BCUT2D eigenvalue weighted by atomic mass is 32.1. The van der Waals surface area contributed by atoms with Crippen LogP contribution in [-0.4, -0.2) is 41.6 Å². The monoisotopic (exact) mass is 409 g/mol. The van der Waals surface area contributed by atoms with Crippen molar-refractivity contribution in [2.24, 2.45) is 0 Å². The van der Waals surface area contributed by atoms with Gasteiger partial charge < -0.3 is 14.4 Å². The van der Waals surface area contributed by atoms with Gasteiger partial charge in [0.1, 0.15) is 10.8 Å². The van der Waals surface area contributed by atoms with Crippen molar-refractivity contribution in [2.45, 2.75) is 25.7 Å². The first-order chi connectivity index (χ1) is 14.2. The fourth-order valence-corrected chi connectivity index (χ4v) is 5.75. The van der Waals surface area contributed by atoms with Gasteiger partial charge in [-0.15, -0.1) is 11.3 Å². The molecular formula is C23H24FN3OS. The number of benzene rings is 1. The Morgan fingerprint density at radius 2 is 1.62 bits per heavy atom. The molecular weight excluding hydrogens is 385 g/mol. The molecule has 0 radical (unpaired) electrons. The summed E-state index contributed by atoms with van der Waals surface area (Å²) in [6.07, 6.45) is 8.51. The highest BCUT2D eigenvalue weighted by molar-refractivity contribution is 7.15. The van der Waals surface area contributed by atoms with Gasteiger partial charge in [0.25, 0.3) is 5.91 Å². The van der Waals surface area contributed by atoms with Crippen LogP contribution in [0.2, 0.25) is 0 Å². The maximum absolute atomic E-state index is 13.6. The zero-order chi connectivity index (χ0) is 19.8. The number of hydrogen-bond acceptors (Lipinski definition) is 3. The Morgan fingerprint density at radius 1 is 0.931 bits per heavy atom. The molecule has 0 bridgehead atoms. The van der Waals surface area contributed by atoms with E-state index in [0.717, 1.165) is 48.6 Å². The Bertz CT molecular complexity index is 1000. The molecule has 1 aliphatic carbocycles. The van der Waals surface area contributed by atoms with E-state index in [4.69, 9.17) is 0 Å². The first-order valence-corrected chi connectivity index (χ1v) is 11.1. The lowest BCUT2D eigenvalue weighted by Crippen LogP contribution is -2.49. The quantitative estimate of drug-likeness (QED) is 0.636.